The van der Waals surface area contributed by atoms with E-state index in [9.17, 15) is 0 Å². The largest absolute Gasteiger partial charge is 0.303 e. The third kappa shape index (κ3) is 2.21. The van der Waals surface area contributed by atoms with Gasteiger partial charge in [-0.15, -0.1) is 0 Å². The Morgan fingerprint density at radius 1 is 1.35 bits per heavy atom. The molecule has 1 heterocycles. The van der Waals surface area contributed by atoms with Gasteiger partial charge in [0.15, 0.2) is 0 Å². The summed E-state index contributed by atoms with van der Waals surface area (Å²) in [5.74, 6) is 0. The number of hydrogen-bond donors (Lipinski definition) is 1. The second-order valence-electron chi connectivity index (χ2n) is 4.92. The Balaban J connectivity index is 2.39. The van der Waals surface area contributed by atoms with Crippen molar-refractivity contribution in [2.45, 2.75) is 51.1 Å². The van der Waals surface area contributed by atoms with Crippen molar-refractivity contribution in [1.82, 2.24) is 5.32 Å². The van der Waals surface area contributed by atoms with Gasteiger partial charge < -0.3 is 5.32 Å². The van der Waals surface area contributed by atoms with Crippen molar-refractivity contribution in [3.8, 4) is 6.07 Å². The second-order valence-corrected chi connectivity index (χ2v) is 4.92. The third-order valence-electron chi connectivity index (χ3n) is 4.09. The lowest BCUT2D eigenvalue weighted by molar-refractivity contribution is 0.244. The van der Waals surface area contributed by atoms with Crippen molar-refractivity contribution in [3.05, 3.63) is 35.4 Å². The van der Waals surface area contributed by atoms with Gasteiger partial charge in [0.05, 0.1) is 12.5 Å². The Morgan fingerprint density at radius 2 is 2.06 bits per heavy atom. The minimum absolute atomic E-state index is 0.176. The van der Waals surface area contributed by atoms with E-state index in [-0.39, 0.29) is 11.6 Å². The Morgan fingerprint density at radius 3 is 2.71 bits per heavy atom. The number of hydrogen-bond acceptors (Lipinski definition) is 2. The number of rotatable bonds is 3. The lowest BCUT2D eigenvalue weighted by Crippen LogP contribution is -2.51. The van der Waals surface area contributed by atoms with Gasteiger partial charge in [-0.05, 0) is 30.4 Å². The van der Waals surface area contributed by atoms with E-state index in [1.807, 2.05) is 0 Å². The molecule has 0 saturated carbocycles. The van der Waals surface area contributed by atoms with Gasteiger partial charge >= 0.3 is 0 Å². The molecule has 2 heteroatoms. The first-order valence-corrected chi connectivity index (χ1v) is 6.47. The first kappa shape index (κ1) is 12.1. The van der Waals surface area contributed by atoms with Crippen LogP contribution in [0, 0.1) is 11.3 Å². The molecule has 0 bridgehead atoms. The van der Waals surface area contributed by atoms with Crippen LogP contribution in [0.4, 0.5) is 0 Å². The van der Waals surface area contributed by atoms with E-state index in [1.165, 1.54) is 11.1 Å². The molecular formula is C15H20N2. The number of nitriles is 1. The first-order chi connectivity index (χ1) is 8.24. The zero-order chi connectivity index (χ0) is 12.3. The van der Waals surface area contributed by atoms with Crippen LogP contribution in [-0.4, -0.2) is 5.54 Å². The van der Waals surface area contributed by atoms with Crippen LogP contribution in [-0.2, 0) is 6.42 Å². The summed E-state index contributed by atoms with van der Waals surface area (Å²) in [5.41, 5.74) is 2.90. The van der Waals surface area contributed by atoms with Crippen molar-refractivity contribution in [2.75, 3.05) is 0 Å². The summed E-state index contributed by atoms with van der Waals surface area (Å²) in [6.45, 7) is 4.46. The van der Waals surface area contributed by atoms with Crippen molar-refractivity contribution >= 4 is 0 Å². The summed E-state index contributed by atoms with van der Waals surface area (Å²) in [4.78, 5) is 0. The van der Waals surface area contributed by atoms with Gasteiger partial charge in [-0.2, -0.15) is 5.26 Å². The average molecular weight is 228 g/mol. The highest BCUT2D eigenvalue weighted by Crippen LogP contribution is 2.35. The molecular weight excluding hydrogens is 208 g/mol. The molecule has 1 aromatic carbocycles. The van der Waals surface area contributed by atoms with Gasteiger partial charge in [-0.1, -0.05) is 38.1 Å². The lowest BCUT2D eigenvalue weighted by Gasteiger charge is -2.42. The minimum Gasteiger partial charge on any atom is -0.303 e. The molecule has 0 fully saturated rings. The molecule has 90 valence electrons. The van der Waals surface area contributed by atoms with E-state index in [4.69, 9.17) is 5.26 Å². The SMILES string of the molecule is CCC1(CC)Cc2ccccc2C(CC#N)N1. The second kappa shape index (κ2) is 4.89. The van der Waals surface area contributed by atoms with E-state index in [1.54, 1.807) is 0 Å². The summed E-state index contributed by atoms with van der Waals surface area (Å²) in [7, 11) is 0. The highest BCUT2D eigenvalue weighted by atomic mass is 15.0. The van der Waals surface area contributed by atoms with Crippen molar-refractivity contribution < 1.29 is 0 Å². The van der Waals surface area contributed by atoms with Crippen LogP contribution < -0.4 is 5.32 Å². The Hall–Kier alpha value is -1.33. The summed E-state index contributed by atoms with van der Waals surface area (Å²) in [5, 5.41) is 12.7. The molecule has 0 saturated heterocycles. The number of benzene rings is 1. The molecule has 0 amide bonds. The molecule has 17 heavy (non-hydrogen) atoms. The Kier molecular flexibility index (Phi) is 3.49. The topological polar surface area (TPSA) is 35.8 Å². The van der Waals surface area contributed by atoms with Gasteiger partial charge in [-0.25, -0.2) is 0 Å². The predicted molar refractivity (Wildman–Crippen MR) is 69.6 cm³/mol. The van der Waals surface area contributed by atoms with Gasteiger partial charge in [0.1, 0.15) is 0 Å². The number of fused-ring (bicyclic) bond motifs is 1. The molecule has 1 unspecified atom stereocenters. The molecule has 0 aliphatic carbocycles. The maximum atomic E-state index is 8.97. The van der Waals surface area contributed by atoms with E-state index in [0.29, 0.717) is 6.42 Å². The highest BCUT2D eigenvalue weighted by Gasteiger charge is 2.35. The molecule has 0 aromatic heterocycles. The minimum atomic E-state index is 0.176. The van der Waals surface area contributed by atoms with Gasteiger partial charge in [0.25, 0.3) is 0 Å². The van der Waals surface area contributed by atoms with Crippen LogP contribution in [0.25, 0.3) is 0 Å². The third-order valence-corrected chi connectivity index (χ3v) is 4.09. The zero-order valence-electron chi connectivity index (χ0n) is 10.7. The molecule has 2 rings (SSSR count). The smallest absolute Gasteiger partial charge is 0.0641 e. The van der Waals surface area contributed by atoms with Crippen LogP contribution in [0.3, 0.4) is 0 Å². The van der Waals surface area contributed by atoms with E-state index >= 15 is 0 Å². The molecule has 1 aliphatic heterocycles. The quantitative estimate of drug-likeness (QED) is 0.861. The normalized spacial score (nSPS) is 21.6. The number of nitrogens with one attached hydrogen (secondary N) is 1. The molecule has 0 radical (unpaired) electrons. The summed E-state index contributed by atoms with van der Waals surface area (Å²) in [6.07, 6.45) is 3.86. The lowest BCUT2D eigenvalue weighted by atomic mass is 9.77. The summed E-state index contributed by atoms with van der Waals surface area (Å²) in [6, 6.07) is 11.0. The van der Waals surface area contributed by atoms with Crippen LogP contribution in [0.1, 0.15) is 50.3 Å². The Labute approximate surface area is 104 Å². The van der Waals surface area contributed by atoms with Crippen molar-refractivity contribution in [1.29, 1.82) is 5.26 Å². The van der Waals surface area contributed by atoms with E-state index < -0.39 is 0 Å². The average Bonchev–Trinajstić information content (AvgIpc) is 2.39. The van der Waals surface area contributed by atoms with E-state index in [2.05, 4.69) is 49.5 Å². The monoisotopic (exact) mass is 228 g/mol. The van der Waals surface area contributed by atoms with Crippen LogP contribution >= 0.6 is 0 Å². The fraction of sp³-hybridized carbons (Fsp3) is 0.533. The maximum Gasteiger partial charge on any atom is 0.0641 e. The van der Waals surface area contributed by atoms with Crippen molar-refractivity contribution in [3.63, 3.8) is 0 Å². The number of nitrogens with zero attached hydrogens (tertiary/aromatic N) is 1. The molecule has 1 aliphatic rings. The van der Waals surface area contributed by atoms with Gasteiger partial charge in [-0.3, -0.25) is 0 Å². The van der Waals surface area contributed by atoms with Gasteiger partial charge in [0, 0.05) is 11.6 Å². The van der Waals surface area contributed by atoms with Gasteiger partial charge in [0.2, 0.25) is 0 Å². The summed E-state index contributed by atoms with van der Waals surface area (Å²) >= 11 is 0. The zero-order valence-corrected chi connectivity index (χ0v) is 10.7. The molecule has 0 spiro atoms. The maximum absolute atomic E-state index is 8.97. The van der Waals surface area contributed by atoms with Crippen LogP contribution in [0.5, 0.6) is 0 Å². The molecule has 2 nitrogen and oxygen atoms in total. The molecule has 1 N–H and O–H groups in total. The molecule has 1 aromatic rings. The summed E-state index contributed by atoms with van der Waals surface area (Å²) < 4.78 is 0. The fourth-order valence-corrected chi connectivity index (χ4v) is 2.85. The Bertz CT molecular complexity index is 427. The fourth-order valence-electron chi connectivity index (χ4n) is 2.85. The highest BCUT2D eigenvalue weighted by molar-refractivity contribution is 5.35. The first-order valence-electron chi connectivity index (χ1n) is 6.47. The van der Waals surface area contributed by atoms with Crippen molar-refractivity contribution in [2.24, 2.45) is 0 Å². The predicted octanol–water partition coefficient (Wildman–Crippen LogP) is 3.35. The standard InChI is InChI=1S/C15H20N2/c1-3-15(4-2)11-12-7-5-6-8-13(12)14(17-15)9-10-16/h5-8,14,17H,3-4,9,11H2,1-2H3. The van der Waals surface area contributed by atoms with E-state index in [0.717, 1.165) is 19.3 Å². The van der Waals surface area contributed by atoms with Crippen LogP contribution in [0.15, 0.2) is 24.3 Å². The molecule has 1 atom stereocenters. The van der Waals surface area contributed by atoms with Crippen LogP contribution in [0.2, 0.25) is 0 Å².